The lowest BCUT2D eigenvalue weighted by Gasteiger charge is -2.05. The summed E-state index contributed by atoms with van der Waals surface area (Å²) in [6.45, 7) is 0.471. The number of benzene rings is 2. The normalized spacial score (nSPS) is 10.6. The van der Waals surface area contributed by atoms with Gasteiger partial charge < -0.3 is 15.4 Å². The lowest BCUT2D eigenvalue weighted by molar-refractivity contribution is 0.276. The molecule has 4 aromatic rings. The maximum absolute atomic E-state index is 9.13. The van der Waals surface area contributed by atoms with Crippen molar-refractivity contribution < 1.29 is 5.11 Å². The van der Waals surface area contributed by atoms with Crippen LogP contribution in [0, 0.1) is 11.8 Å². The van der Waals surface area contributed by atoms with Crippen molar-refractivity contribution in [2.24, 2.45) is 0 Å². The summed E-state index contributed by atoms with van der Waals surface area (Å²) in [6, 6.07) is 13.2. The van der Waals surface area contributed by atoms with Crippen LogP contribution in [0.5, 0.6) is 0 Å². The number of aromatic nitrogens is 4. The van der Waals surface area contributed by atoms with Crippen LogP contribution in [0.15, 0.2) is 55.0 Å². The zero-order valence-corrected chi connectivity index (χ0v) is 15.6. The van der Waals surface area contributed by atoms with E-state index >= 15 is 0 Å². The predicted molar refractivity (Wildman–Crippen MR) is 110 cm³/mol. The average Bonchev–Trinajstić information content (AvgIpc) is 3.16. The molecule has 6 nitrogen and oxygen atoms in total. The van der Waals surface area contributed by atoms with E-state index in [2.05, 4.69) is 27.0 Å². The molecule has 0 saturated heterocycles. The van der Waals surface area contributed by atoms with E-state index in [0.29, 0.717) is 28.8 Å². The van der Waals surface area contributed by atoms with Crippen LogP contribution < -0.4 is 5.73 Å². The first-order valence-corrected chi connectivity index (χ1v) is 8.98. The van der Waals surface area contributed by atoms with Crippen molar-refractivity contribution in [3.63, 3.8) is 0 Å². The molecule has 0 unspecified atom stereocenters. The third-order valence-electron chi connectivity index (χ3n) is 4.31. The van der Waals surface area contributed by atoms with E-state index in [1.165, 1.54) is 0 Å². The van der Waals surface area contributed by atoms with E-state index < -0.39 is 0 Å². The van der Waals surface area contributed by atoms with E-state index in [9.17, 15) is 0 Å². The second kappa shape index (κ2) is 7.69. The molecular weight excluding hydrogens is 374 g/mol. The number of fused-ring (bicyclic) bond motifs is 1. The summed E-state index contributed by atoms with van der Waals surface area (Å²) < 4.78 is 1.80. The number of hydrogen-bond donors (Lipinski definition) is 2. The van der Waals surface area contributed by atoms with Gasteiger partial charge in [-0.25, -0.2) is 4.98 Å². The fourth-order valence-electron chi connectivity index (χ4n) is 2.92. The number of halogens is 1. The van der Waals surface area contributed by atoms with Gasteiger partial charge in [-0.2, -0.15) is 0 Å². The number of aliphatic hydroxyl groups is 1. The molecule has 0 aliphatic heterocycles. The first-order valence-electron chi connectivity index (χ1n) is 8.60. The van der Waals surface area contributed by atoms with Crippen LogP contribution >= 0.6 is 11.6 Å². The Morgan fingerprint density at radius 2 is 1.93 bits per heavy atom. The third-order valence-corrected chi connectivity index (χ3v) is 4.55. The highest BCUT2D eigenvalue weighted by Crippen LogP contribution is 2.25. The van der Waals surface area contributed by atoms with Crippen molar-refractivity contribution in [2.75, 3.05) is 12.3 Å². The summed E-state index contributed by atoms with van der Waals surface area (Å²) in [5.41, 5.74) is 8.43. The molecule has 0 spiro atoms. The Kier molecular flexibility index (Phi) is 4.94. The zero-order chi connectivity index (χ0) is 19.5. The Bertz CT molecular complexity index is 1200. The minimum Gasteiger partial charge on any atom is -0.395 e. The Labute approximate surface area is 166 Å². The van der Waals surface area contributed by atoms with Crippen LogP contribution in [-0.4, -0.2) is 31.5 Å². The molecule has 7 heteroatoms. The Morgan fingerprint density at radius 3 is 2.71 bits per heavy atom. The Balaban J connectivity index is 1.68. The Morgan fingerprint density at radius 1 is 1.11 bits per heavy atom. The average molecular weight is 390 g/mol. The maximum Gasteiger partial charge on any atom is 0.163 e. The van der Waals surface area contributed by atoms with Crippen LogP contribution in [0.25, 0.3) is 22.2 Å². The van der Waals surface area contributed by atoms with Gasteiger partial charge in [0.05, 0.1) is 12.2 Å². The largest absolute Gasteiger partial charge is 0.395 e. The molecule has 0 saturated carbocycles. The summed E-state index contributed by atoms with van der Waals surface area (Å²) in [5.74, 6) is 7.32. The molecule has 0 atom stereocenters. The van der Waals surface area contributed by atoms with Gasteiger partial charge in [-0.1, -0.05) is 29.5 Å². The van der Waals surface area contributed by atoms with Gasteiger partial charge in [-0.15, -0.1) is 10.2 Å². The lowest BCUT2D eigenvalue weighted by atomic mass is 10.1. The molecule has 0 bridgehead atoms. The van der Waals surface area contributed by atoms with E-state index in [0.717, 1.165) is 21.9 Å². The van der Waals surface area contributed by atoms with Crippen molar-refractivity contribution in [3.05, 3.63) is 71.1 Å². The summed E-state index contributed by atoms with van der Waals surface area (Å²) in [4.78, 5) is 4.22. The first-order chi connectivity index (χ1) is 13.7. The standard InChI is InChI=1S/C21H16ClN5O/c22-17-7-6-16-12-24-20(23)18(19(16)11-17)8-3-14-1-4-15(5-2-14)21-26-25-13-27(21)9-10-28/h1-2,4-7,11-13,28H,9-10H2,(H2,23,24). The lowest BCUT2D eigenvalue weighted by Crippen LogP contribution is -2.02. The number of anilines is 1. The van der Waals surface area contributed by atoms with Crippen LogP contribution in [0.4, 0.5) is 5.82 Å². The maximum atomic E-state index is 9.13. The number of nitrogens with zero attached hydrogens (tertiary/aromatic N) is 4. The second-order valence-corrected chi connectivity index (χ2v) is 6.59. The van der Waals surface area contributed by atoms with Crippen LogP contribution in [0.2, 0.25) is 5.02 Å². The molecule has 3 N–H and O–H groups in total. The van der Waals surface area contributed by atoms with Gasteiger partial charge in [0.15, 0.2) is 5.82 Å². The molecular formula is C21H16ClN5O. The number of pyridine rings is 1. The molecule has 2 heterocycles. The van der Waals surface area contributed by atoms with Crippen molar-refractivity contribution in [3.8, 4) is 23.2 Å². The zero-order valence-electron chi connectivity index (χ0n) is 14.8. The van der Waals surface area contributed by atoms with Gasteiger partial charge >= 0.3 is 0 Å². The van der Waals surface area contributed by atoms with Crippen LogP contribution in [0.1, 0.15) is 11.1 Å². The van der Waals surface area contributed by atoms with Gasteiger partial charge in [0, 0.05) is 39.7 Å². The summed E-state index contributed by atoms with van der Waals surface area (Å²) in [5, 5.41) is 19.6. The number of nitrogen functional groups attached to an aromatic ring is 1. The fraction of sp³-hybridized carbons (Fsp3) is 0.0952. The molecule has 0 radical (unpaired) electrons. The second-order valence-electron chi connectivity index (χ2n) is 6.15. The highest BCUT2D eigenvalue weighted by atomic mass is 35.5. The van der Waals surface area contributed by atoms with E-state index in [1.54, 1.807) is 17.1 Å². The van der Waals surface area contributed by atoms with Crippen molar-refractivity contribution in [1.82, 2.24) is 19.7 Å². The van der Waals surface area contributed by atoms with Gasteiger partial charge in [0.2, 0.25) is 0 Å². The van der Waals surface area contributed by atoms with E-state index in [-0.39, 0.29) is 6.61 Å². The Hall–Kier alpha value is -3.40. The fourth-order valence-corrected chi connectivity index (χ4v) is 3.09. The molecule has 0 fully saturated rings. The molecule has 28 heavy (non-hydrogen) atoms. The number of aliphatic hydroxyl groups excluding tert-OH is 1. The van der Waals surface area contributed by atoms with E-state index in [1.807, 2.05) is 42.5 Å². The van der Waals surface area contributed by atoms with Crippen molar-refractivity contribution in [2.45, 2.75) is 6.54 Å². The molecule has 0 amide bonds. The summed E-state index contributed by atoms with van der Waals surface area (Å²) in [6.07, 6.45) is 3.31. The molecule has 0 aliphatic carbocycles. The highest BCUT2D eigenvalue weighted by Gasteiger charge is 2.07. The van der Waals surface area contributed by atoms with Gasteiger partial charge in [0.25, 0.3) is 0 Å². The van der Waals surface area contributed by atoms with Crippen molar-refractivity contribution in [1.29, 1.82) is 0 Å². The highest BCUT2D eigenvalue weighted by molar-refractivity contribution is 6.31. The molecule has 2 aromatic carbocycles. The number of rotatable bonds is 3. The smallest absolute Gasteiger partial charge is 0.163 e. The van der Waals surface area contributed by atoms with Crippen molar-refractivity contribution >= 4 is 28.2 Å². The summed E-state index contributed by atoms with van der Waals surface area (Å²) in [7, 11) is 0. The monoisotopic (exact) mass is 389 g/mol. The first kappa shape index (κ1) is 18.0. The predicted octanol–water partition coefficient (Wildman–Crippen LogP) is 3.12. The van der Waals surface area contributed by atoms with Gasteiger partial charge in [-0.3, -0.25) is 0 Å². The summed E-state index contributed by atoms with van der Waals surface area (Å²) >= 11 is 6.12. The molecule has 0 aliphatic rings. The van der Waals surface area contributed by atoms with Gasteiger partial charge in [-0.05, 0) is 36.4 Å². The van der Waals surface area contributed by atoms with Gasteiger partial charge in [0.1, 0.15) is 12.1 Å². The van der Waals surface area contributed by atoms with Crippen LogP contribution in [0.3, 0.4) is 0 Å². The minimum atomic E-state index is 0.0269. The van der Waals surface area contributed by atoms with Crippen LogP contribution in [-0.2, 0) is 6.54 Å². The number of hydrogen-bond acceptors (Lipinski definition) is 5. The topological polar surface area (TPSA) is 89.9 Å². The number of nitrogens with two attached hydrogens (primary N) is 1. The molecule has 4 rings (SSSR count). The van der Waals surface area contributed by atoms with E-state index in [4.69, 9.17) is 22.4 Å². The molecule has 138 valence electrons. The quantitative estimate of drug-likeness (QED) is 0.525. The SMILES string of the molecule is Nc1ncc2ccc(Cl)cc2c1C#Cc1ccc(-c2nncn2CCO)cc1. The minimum absolute atomic E-state index is 0.0269. The third kappa shape index (κ3) is 3.54. The molecule has 2 aromatic heterocycles.